The second-order valence-electron chi connectivity index (χ2n) is 5.99. The minimum Gasteiger partial charge on any atom is -0.482 e. The zero-order valence-corrected chi connectivity index (χ0v) is 14.4. The van der Waals surface area contributed by atoms with Crippen LogP contribution in [0.4, 0.5) is 0 Å². The Labute approximate surface area is 147 Å². The predicted molar refractivity (Wildman–Crippen MR) is 94.2 cm³/mol. The third-order valence-corrected chi connectivity index (χ3v) is 4.32. The average molecular weight is 341 g/mol. The summed E-state index contributed by atoms with van der Waals surface area (Å²) in [5, 5.41) is 3.46. The van der Waals surface area contributed by atoms with E-state index in [1.165, 1.54) is 18.2 Å². The smallest absolute Gasteiger partial charge is 0.343 e. The van der Waals surface area contributed by atoms with Crippen molar-refractivity contribution in [3.8, 4) is 5.75 Å². The molecule has 2 heterocycles. The molecule has 3 rings (SSSR count). The van der Waals surface area contributed by atoms with Crippen molar-refractivity contribution in [2.24, 2.45) is 0 Å². The Hall–Kier alpha value is -2.44. The molecule has 1 aliphatic rings. The lowest BCUT2D eigenvalue weighted by atomic mass is 10.0. The van der Waals surface area contributed by atoms with E-state index in [9.17, 15) is 4.79 Å². The van der Waals surface area contributed by atoms with Gasteiger partial charge < -0.3 is 14.8 Å². The summed E-state index contributed by atoms with van der Waals surface area (Å²) in [6.07, 6.45) is 3.74. The van der Waals surface area contributed by atoms with Gasteiger partial charge in [0.2, 0.25) is 0 Å². The molecule has 6 heteroatoms. The first-order chi connectivity index (χ1) is 12.3. The molecule has 0 radical (unpaired) electrons. The number of nitrogens with zero attached hydrogens (tertiary/aromatic N) is 2. The molecule has 6 nitrogen and oxygen atoms in total. The Balaban J connectivity index is 1.63. The molecule has 0 amide bonds. The summed E-state index contributed by atoms with van der Waals surface area (Å²) in [6, 6.07) is 12.3. The van der Waals surface area contributed by atoms with Crippen molar-refractivity contribution in [2.45, 2.75) is 12.6 Å². The van der Waals surface area contributed by atoms with Gasteiger partial charge >= 0.3 is 5.97 Å². The predicted octanol–water partition coefficient (Wildman–Crippen LogP) is 1.78. The molecular formula is C19H23N3O3. The number of piperazine rings is 1. The summed E-state index contributed by atoms with van der Waals surface area (Å²) >= 11 is 0. The first kappa shape index (κ1) is 17.4. The van der Waals surface area contributed by atoms with Gasteiger partial charge in [-0.2, -0.15) is 0 Å². The highest BCUT2D eigenvalue weighted by atomic mass is 16.6. The molecule has 2 aromatic rings. The highest BCUT2D eigenvalue weighted by Crippen LogP contribution is 2.24. The number of ether oxygens (including phenoxy) is 2. The van der Waals surface area contributed by atoms with Gasteiger partial charge in [0.1, 0.15) is 5.75 Å². The Kier molecular flexibility index (Phi) is 5.98. The molecule has 1 saturated heterocycles. The minimum absolute atomic E-state index is 0.0727. The van der Waals surface area contributed by atoms with Gasteiger partial charge in [-0.25, -0.2) is 4.79 Å². The maximum atomic E-state index is 11.1. The number of aromatic nitrogens is 1. The molecule has 25 heavy (non-hydrogen) atoms. The second-order valence-corrected chi connectivity index (χ2v) is 5.99. The van der Waals surface area contributed by atoms with Crippen LogP contribution in [0.1, 0.15) is 17.2 Å². The number of methoxy groups -OCH3 is 1. The maximum Gasteiger partial charge on any atom is 0.343 e. The molecular weight excluding hydrogens is 318 g/mol. The van der Waals surface area contributed by atoms with E-state index in [0.29, 0.717) is 11.8 Å². The van der Waals surface area contributed by atoms with Crippen LogP contribution in [0, 0.1) is 0 Å². The SMILES string of the molecule is COC(=O)COc1ccc(CN2CCNCC2c2cccnc2)cc1. The average Bonchev–Trinajstić information content (AvgIpc) is 2.68. The van der Waals surface area contributed by atoms with Crippen LogP contribution in [-0.2, 0) is 16.1 Å². The van der Waals surface area contributed by atoms with Gasteiger partial charge in [-0.15, -0.1) is 0 Å². The highest BCUT2D eigenvalue weighted by Gasteiger charge is 2.23. The number of benzene rings is 1. The van der Waals surface area contributed by atoms with Crippen molar-refractivity contribution < 1.29 is 14.3 Å². The van der Waals surface area contributed by atoms with Crippen LogP contribution >= 0.6 is 0 Å². The topological polar surface area (TPSA) is 63.7 Å². The zero-order chi connectivity index (χ0) is 17.5. The van der Waals surface area contributed by atoms with Gasteiger partial charge in [0.15, 0.2) is 6.61 Å². The molecule has 0 aliphatic carbocycles. The number of esters is 1. The first-order valence-corrected chi connectivity index (χ1v) is 8.39. The van der Waals surface area contributed by atoms with Gasteiger partial charge in [-0.3, -0.25) is 9.88 Å². The molecule has 132 valence electrons. The van der Waals surface area contributed by atoms with Crippen LogP contribution < -0.4 is 10.1 Å². The van der Waals surface area contributed by atoms with Gasteiger partial charge in [0.25, 0.3) is 0 Å². The van der Waals surface area contributed by atoms with Crippen molar-refractivity contribution in [2.75, 3.05) is 33.4 Å². The fraction of sp³-hybridized carbons (Fsp3) is 0.368. The lowest BCUT2D eigenvalue weighted by Crippen LogP contribution is -2.45. The molecule has 1 N–H and O–H groups in total. The molecule has 1 aliphatic heterocycles. The van der Waals surface area contributed by atoms with E-state index in [0.717, 1.165) is 26.2 Å². The molecule has 1 fully saturated rings. The molecule has 1 unspecified atom stereocenters. The van der Waals surface area contributed by atoms with E-state index in [1.807, 2.05) is 36.5 Å². The minimum atomic E-state index is -0.385. The van der Waals surface area contributed by atoms with Crippen LogP contribution in [0.15, 0.2) is 48.8 Å². The van der Waals surface area contributed by atoms with Crippen LogP contribution in [-0.4, -0.2) is 49.2 Å². The van der Waals surface area contributed by atoms with E-state index >= 15 is 0 Å². The maximum absolute atomic E-state index is 11.1. The van der Waals surface area contributed by atoms with Gasteiger partial charge in [-0.05, 0) is 29.3 Å². The van der Waals surface area contributed by atoms with Crippen LogP contribution in [0.2, 0.25) is 0 Å². The second kappa shape index (κ2) is 8.60. The number of pyridine rings is 1. The van der Waals surface area contributed by atoms with Crippen molar-refractivity contribution in [1.82, 2.24) is 15.2 Å². The summed E-state index contributed by atoms with van der Waals surface area (Å²) in [4.78, 5) is 17.8. The molecule has 1 atom stereocenters. The third-order valence-electron chi connectivity index (χ3n) is 4.32. The van der Waals surface area contributed by atoms with E-state index in [1.54, 1.807) is 6.20 Å². The van der Waals surface area contributed by atoms with Crippen LogP contribution in [0.5, 0.6) is 5.75 Å². The summed E-state index contributed by atoms with van der Waals surface area (Å²) in [5.41, 5.74) is 2.44. The fourth-order valence-electron chi connectivity index (χ4n) is 2.96. The van der Waals surface area contributed by atoms with E-state index < -0.39 is 0 Å². The van der Waals surface area contributed by atoms with Crippen molar-refractivity contribution in [3.63, 3.8) is 0 Å². The Morgan fingerprint density at radius 2 is 2.16 bits per heavy atom. The van der Waals surface area contributed by atoms with Crippen LogP contribution in [0.25, 0.3) is 0 Å². The van der Waals surface area contributed by atoms with Gasteiger partial charge in [-0.1, -0.05) is 18.2 Å². The van der Waals surface area contributed by atoms with Crippen molar-refractivity contribution in [1.29, 1.82) is 0 Å². The largest absolute Gasteiger partial charge is 0.482 e. The fourth-order valence-corrected chi connectivity index (χ4v) is 2.96. The third kappa shape index (κ3) is 4.78. The summed E-state index contributed by atoms with van der Waals surface area (Å²) < 4.78 is 9.96. The Bertz CT molecular complexity index is 676. The van der Waals surface area contributed by atoms with Crippen molar-refractivity contribution >= 4 is 5.97 Å². The zero-order valence-electron chi connectivity index (χ0n) is 14.4. The molecule has 0 saturated carbocycles. The standard InChI is InChI=1S/C19H23N3O3/c1-24-19(23)14-25-17-6-4-15(5-7-17)13-22-10-9-21-12-18(22)16-3-2-8-20-11-16/h2-8,11,18,21H,9-10,12-14H2,1H3. The molecule has 1 aromatic carbocycles. The van der Waals surface area contributed by atoms with E-state index in [2.05, 4.69) is 26.0 Å². The lowest BCUT2D eigenvalue weighted by molar-refractivity contribution is -0.142. The number of carbonyl (C=O) groups is 1. The number of carbonyl (C=O) groups excluding carboxylic acids is 1. The van der Waals surface area contributed by atoms with Crippen LogP contribution in [0.3, 0.4) is 0 Å². The van der Waals surface area contributed by atoms with E-state index in [4.69, 9.17) is 4.74 Å². The number of nitrogens with one attached hydrogen (secondary N) is 1. The van der Waals surface area contributed by atoms with Gasteiger partial charge in [0.05, 0.1) is 7.11 Å². The monoisotopic (exact) mass is 341 g/mol. The number of rotatable bonds is 6. The number of hydrogen-bond donors (Lipinski definition) is 1. The number of hydrogen-bond acceptors (Lipinski definition) is 6. The highest BCUT2D eigenvalue weighted by molar-refractivity contribution is 5.70. The summed E-state index contributed by atoms with van der Waals surface area (Å²) in [6.45, 7) is 3.68. The Morgan fingerprint density at radius 1 is 1.32 bits per heavy atom. The summed E-state index contributed by atoms with van der Waals surface area (Å²) in [5.74, 6) is 0.280. The normalized spacial score (nSPS) is 17.9. The molecule has 1 aromatic heterocycles. The molecule has 0 bridgehead atoms. The Morgan fingerprint density at radius 3 is 2.88 bits per heavy atom. The van der Waals surface area contributed by atoms with E-state index in [-0.39, 0.29) is 12.6 Å². The lowest BCUT2D eigenvalue weighted by Gasteiger charge is -2.36. The quantitative estimate of drug-likeness (QED) is 0.808. The molecule has 0 spiro atoms. The summed E-state index contributed by atoms with van der Waals surface area (Å²) in [7, 11) is 1.35. The van der Waals surface area contributed by atoms with Crippen molar-refractivity contribution in [3.05, 3.63) is 59.9 Å². The van der Waals surface area contributed by atoms with Gasteiger partial charge in [0, 0.05) is 44.6 Å². The first-order valence-electron chi connectivity index (χ1n) is 8.39.